The molecule has 4 nitrogen and oxygen atoms in total. The number of rotatable bonds is 2. The predicted octanol–water partition coefficient (Wildman–Crippen LogP) is 4.50. The third-order valence-corrected chi connectivity index (χ3v) is 3.90. The normalized spacial score (nSPS) is 10.1. The van der Waals surface area contributed by atoms with Gasteiger partial charge >= 0.3 is 0 Å². The molecule has 0 unspecified atom stereocenters. The van der Waals surface area contributed by atoms with Crippen LogP contribution in [0, 0.1) is 0 Å². The highest BCUT2D eigenvalue weighted by molar-refractivity contribution is 5.96. The van der Waals surface area contributed by atoms with Crippen molar-refractivity contribution in [1.29, 1.82) is 0 Å². The van der Waals surface area contributed by atoms with E-state index in [1.807, 2.05) is 72.8 Å². The van der Waals surface area contributed by atoms with Gasteiger partial charge in [0, 0.05) is 34.0 Å². The fraction of sp³-hybridized carbons (Fsp3) is 0. The smallest absolute Gasteiger partial charge is 0.152 e. The zero-order chi connectivity index (χ0) is 17.6. The maximum atomic E-state index is 10.5. The van der Waals surface area contributed by atoms with Crippen molar-refractivity contribution in [1.82, 2.24) is 4.98 Å². The highest BCUT2D eigenvalue weighted by Crippen LogP contribution is 2.21. The van der Waals surface area contributed by atoms with Crippen LogP contribution >= 0.6 is 0 Å². The molecule has 0 aliphatic rings. The molecule has 0 aliphatic heterocycles. The molecule has 0 saturated carbocycles. The lowest BCUT2D eigenvalue weighted by atomic mass is 10.1. The van der Waals surface area contributed by atoms with E-state index in [4.69, 9.17) is 11.5 Å². The fourth-order valence-electron chi connectivity index (χ4n) is 2.54. The molecule has 0 aliphatic carbocycles. The molecule has 0 amide bonds. The van der Waals surface area contributed by atoms with E-state index in [1.165, 1.54) is 0 Å². The summed E-state index contributed by atoms with van der Waals surface area (Å²) in [5.41, 5.74) is 16.8. The molecule has 1 heterocycles. The highest BCUT2D eigenvalue weighted by Gasteiger charge is 1.99. The molecule has 0 atom stereocenters. The van der Waals surface area contributed by atoms with Crippen LogP contribution in [0.4, 0.5) is 11.4 Å². The lowest BCUT2D eigenvalue weighted by Crippen LogP contribution is -1.85. The van der Waals surface area contributed by atoms with Crippen LogP contribution in [0.15, 0.2) is 79.0 Å². The Balaban J connectivity index is 0.000000150. The number of carbonyl (C=O) groups is 1. The fourth-order valence-corrected chi connectivity index (χ4v) is 2.54. The molecule has 0 radical (unpaired) electrons. The van der Waals surface area contributed by atoms with Gasteiger partial charge in [0.05, 0.1) is 0 Å². The maximum absolute atomic E-state index is 10.5. The second-order valence-electron chi connectivity index (χ2n) is 5.65. The van der Waals surface area contributed by atoms with E-state index >= 15 is 0 Å². The molecule has 25 heavy (non-hydrogen) atoms. The van der Waals surface area contributed by atoms with Gasteiger partial charge in [0.2, 0.25) is 0 Å². The number of hydrogen-bond acceptors (Lipinski definition) is 3. The average molecular weight is 329 g/mol. The number of H-pyrrole nitrogens is 1. The number of benzene rings is 3. The maximum Gasteiger partial charge on any atom is 0.152 e. The number of hydrogen-bond donors (Lipinski definition) is 3. The van der Waals surface area contributed by atoms with Crippen molar-refractivity contribution in [3.05, 3.63) is 84.6 Å². The summed E-state index contributed by atoms with van der Waals surface area (Å²) in [5, 5.41) is 0.988. The molecular formula is C21H19N3O. The van der Waals surface area contributed by atoms with Crippen molar-refractivity contribution in [2.45, 2.75) is 0 Å². The van der Waals surface area contributed by atoms with E-state index in [9.17, 15) is 4.79 Å². The standard InChI is InChI=1S/C12H12N2.C9H7NO/c13-11-5-1-9(2-6-11)10-3-7-12(14)8-4-10;11-6-7-5-10-9-4-2-1-3-8(7)9/h1-8H,13-14H2;1-6,10H. The zero-order valence-electron chi connectivity index (χ0n) is 13.6. The Hall–Kier alpha value is -3.53. The van der Waals surface area contributed by atoms with E-state index in [0.29, 0.717) is 0 Å². The molecule has 124 valence electrons. The van der Waals surface area contributed by atoms with Gasteiger partial charge in [0.25, 0.3) is 0 Å². The number of anilines is 2. The van der Waals surface area contributed by atoms with Gasteiger partial charge in [0.15, 0.2) is 6.29 Å². The third kappa shape index (κ3) is 3.87. The second-order valence-corrected chi connectivity index (χ2v) is 5.65. The molecule has 1 aromatic heterocycles. The number of aldehydes is 1. The molecule has 4 rings (SSSR count). The van der Waals surface area contributed by atoms with Crippen molar-refractivity contribution < 1.29 is 4.79 Å². The van der Waals surface area contributed by atoms with Crippen molar-refractivity contribution in [3.8, 4) is 11.1 Å². The van der Waals surface area contributed by atoms with E-state index in [-0.39, 0.29) is 0 Å². The zero-order valence-corrected chi connectivity index (χ0v) is 13.6. The number of nitrogens with one attached hydrogen (secondary N) is 1. The Morgan fingerprint density at radius 1 is 0.720 bits per heavy atom. The van der Waals surface area contributed by atoms with Crippen LogP contribution in [-0.2, 0) is 0 Å². The first-order valence-electron chi connectivity index (χ1n) is 7.90. The monoisotopic (exact) mass is 329 g/mol. The van der Waals surface area contributed by atoms with Crippen LogP contribution in [0.3, 0.4) is 0 Å². The minimum Gasteiger partial charge on any atom is -0.399 e. The third-order valence-electron chi connectivity index (χ3n) is 3.90. The average Bonchev–Trinajstić information content (AvgIpc) is 3.07. The molecular weight excluding hydrogens is 310 g/mol. The van der Waals surface area contributed by atoms with Crippen molar-refractivity contribution in [2.75, 3.05) is 11.5 Å². The summed E-state index contributed by atoms with van der Waals surface area (Å²) in [5.74, 6) is 0. The van der Waals surface area contributed by atoms with Gasteiger partial charge < -0.3 is 16.5 Å². The summed E-state index contributed by atoms with van der Waals surface area (Å²) in [6.07, 6.45) is 2.58. The van der Waals surface area contributed by atoms with Gasteiger partial charge in [-0.1, -0.05) is 42.5 Å². The number of nitrogen functional groups attached to an aromatic ring is 2. The summed E-state index contributed by atoms with van der Waals surface area (Å²) < 4.78 is 0. The van der Waals surface area contributed by atoms with Gasteiger partial charge in [-0.05, 0) is 41.5 Å². The minimum absolute atomic E-state index is 0.723. The number of carbonyl (C=O) groups excluding carboxylic acids is 1. The first-order chi connectivity index (χ1) is 12.2. The van der Waals surface area contributed by atoms with Gasteiger partial charge in [-0.2, -0.15) is 0 Å². The Bertz CT molecular complexity index is 927. The Morgan fingerprint density at radius 3 is 1.76 bits per heavy atom. The Morgan fingerprint density at radius 2 is 1.24 bits per heavy atom. The first kappa shape index (κ1) is 16.3. The van der Waals surface area contributed by atoms with E-state index in [2.05, 4.69) is 4.98 Å². The highest BCUT2D eigenvalue weighted by atomic mass is 16.1. The topological polar surface area (TPSA) is 84.9 Å². The summed E-state index contributed by atoms with van der Waals surface area (Å²) in [7, 11) is 0. The number of nitrogens with two attached hydrogens (primary N) is 2. The number of fused-ring (bicyclic) bond motifs is 1. The second kappa shape index (κ2) is 7.36. The van der Waals surface area contributed by atoms with Crippen LogP contribution in [0.1, 0.15) is 10.4 Å². The van der Waals surface area contributed by atoms with E-state index < -0.39 is 0 Å². The van der Waals surface area contributed by atoms with Crippen LogP contribution in [0.25, 0.3) is 22.0 Å². The number of para-hydroxylation sites is 1. The van der Waals surface area contributed by atoms with Crippen LogP contribution in [0.2, 0.25) is 0 Å². The van der Waals surface area contributed by atoms with Gasteiger partial charge in [-0.3, -0.25) is 4.79 Å². The van der Waals surface area contributed by atoms with Crippen molar-refractivity contribution in [2.24, 2.45) is 0 Å². The van der Waals surface area contributed by atoms with Gasteiger partial charge in [0.1, 0.15) is 0 Å². The van der Waals surface area contributed by atoms with Crippen LogP contribution < -0.4 is 11.5 Å². The molecule has 0 fully saturated rings. The van der Waals surface area contributed by atoms with E-state index in [1.54, 1.807) is 6.20 Å². The lowest BCUT2D eigenvalue weighted by Gasteiger charge is -2.02. The first-order valence-corrected chi connectivity index (χ1v) is 7.90. The van der Waals surface area contributed by atoms with Crippen LogP contribution in [0.5, 0.6) is 0 Å². The summed E-state index contributed by atoms with van der Waals surface area (Å²) in [6, 6.07) is 23.3. The quantitative estimate of drug-likeness (QED) is 0.374. The SMILES string of the molecule is Nc1ccc(-c2ccc(N)cc2)cc1.O=Cc1c[nH]c2ccccc12. The van der Waals surface area contributed by atoms with Gasteiger partial charge in [-0.15, -0.1) is 0 Å². The van der Waals surface area contributed by atoms with Crippen LogP contribution in [-0.4, -0.2) is 11.3 Å². The lowest BCUT2D eigenvalue weighted by molar-refractivity contribution is 0.112. The molecule has 0 bridgehead atoms. The number of aromatic nitrogens is 1. The summed E-state index contributed by atoms with van der Waals surface area (Å²) >= 11 is 0. The predicted molar refractivity (Wildman–Crippen MR) is 104 cm³/mol. The van der Waals surface area contributed by atoms with Crippen molar-refractivity contribution in [3.63, 3.8) is 0 Å². The van der Waals surface area contributed by atoms with E-state index in [0.717, 1.165) is 45.3 Å². The Kier molecular flexibility index (Phi) is 4.81. The van der Waals surface area contributed by atoms with Crippen molar-refractivity contribution >= 4 is 28.6 Å². The number of aromatic amines is 1. The van der Waals surface area contributed by atoms with Gasteiger partial charge in [-0.25, -0.2) is 0 Å². The molecule has 0 saturated heterocycles. The Labute approximate surface area is 146 Å². The molecule has 4 heteroatoms. The molecule has 4 aromatic rings. The molecule has 3 aromatic carbocycles. The molecule has 0 spiro atoms. The minimum atomic E-state index is 0.723. The summed E-state index contributed by atoms with van der Waals surface area (Å²) in [4.78, 5) is 13.5. The largest absolute Gasteiger partial charge is 0.399 e. The summed E-state index contributed by atoms with van der Waals surface area (Å²) in [6.45, 7) is 0. The molecule has 5 N–H and O–H groups in total.